The van der Waals surface area contributed by atoms with Gasteiger partial charge in [-0.15, -0.1) is 0 Å². The smallest absolute Gasteiger partial charge is 0.160 e. The van der Waals surface area contributed by atoms with E-state index in [1.54, 1.807) is 0 Å². The Balaban J connectivity index is 1.05. The molecule has 9 aromatic rings. The molecular weight excluding hydrogens is 621 g/mol. The van der Waals surface area contributed by atoms with Gasteiger partial charge >= 0.3 is 0 Å². The predicted octanol–water partition coefficient (Wildman–Crippen LogP) is 11.9. The van der Waals surface area contributed by atoms with Crippen LogP contribution in [0.2, 0.25) is 0 Å². The second-order valence-electron chi connectivity index (χ2n) is 12.8. The van der Waals surface area contributed by atoms with E-state index in [4.69, 9.17) is 19.9 Å². The Bertz CT molecular complexity index is 2600. The van der Waals surface area contributed by atoms with Crippen molar-refractivity contribution >= 4 is 21.8 Å². The van der Waals surface area contributed by atoms with Crippen LogP contribution in [0, 0.1) is 6.92 Å². The van der Waals surface area contributed by atoms with Gasteiger partial charge in [-0.05, 0) is 47.4 Å². The third kappa shape index (κ3) is 5.94. The molecule has 0 saturated heterocycles. The van der Waals surface area contributed by atoms with Crippen LogP contribution in [0.15, 0.2) is 176 Å². The van der Waals surface area contributed by atoms with E-state index in [0.29, 0.717) is 5.82 Å². The fraction of sp³-hybridized carbons (Fsp3) is 0.0213. The van der Waals surface area contributed by atoms with E-state index in [1.165, 1.54) is 0 Å². The molecule has 0 saturated carbocycles. The van der Waals surface area contributed by atoms with Gasteiger partial charge in [0, 0.05) is 38.7 Å². The van der Waals surface area contributed by atoms with Gasteiger partial charge in [-0.2, -0.15) is 0 Å². The van der Waals surface area contributed by atoms with Crippen LogP contribution in [0.1, 0.15) is 5.69 Å². The van der Waals surface area contributed by atoms with E-state index >= 15 is 0 Å². The zero-order chi connectivity index (χ0) is 34.1. The molecule has 3 heterocycles. The van der Waals surface area contributed by atoms with Crippen molar-refractivity contribution in [3.05, 3.63) is 182 Å². The highest BCUT2D eigenvalue weighted by Gasteiger charge is 2.14. The lowest BCUT2D eigenvalue weighted by Gasteiger charge is -2.12. The predicted molar refractivity (Wildman–Crippen MR) is 210 cm³/mol. The summed E-state index contributed by atoms with van der Waals surface area (Å²) in [5.41, 5.74) is 14.3. The maximum atomic E-state index is 5.10. The van der Waals surface area contributed by atoms with Gasteiger partial charge in [0.05, 0.1) is 28.1 Å². The molecule has 6 aromatic carbocycles. The van der Waals surface area contributed by atoms with Crippen molar-refractivity contribution in [2.45, 2.75) is 6.92 Å². The molecule has 3 aromatic heterocycles. The minimum absolute atomic E-state index is 0.714. The molecule has 0 aliphatic carbocycles. The molecule has 4 nitrogen and oxygen atoms in total. The Labute approximate surface area is 296 Å². The van der Waals surface area contributed by atoms with Crippen molar-refractivity contribution in [1.82, 2.24) is 19.9 Å². The van der Waals surface area contributed by atoms with Gasteiger partial charge in [-0.3, -0.25) is 4.98 Å². The fourth-order valence-electron chi connectivity index (χ4n) is 6.75. The van der Waals surface area contributed by atoms with Crippen LogP contribution in [0.5, 0.6) is 0 Å². The first-order chi connectivity index (χ1) is 25.2. The van der Waals surface area contributed by atoms with Gasteiger partial charge < -0.3 is 0 Å². The SMILES string of the molecule is Cc1cc(-c2ccc(-c3ccc(-c4cc(-c5ccccc5)nc(-c5ccccc5)n4)cc3)cc2)c2ccc3ccc(-c4ccccc4)nc3c2n1. The summed E-state index contributed by atoms with van der Waals surface area (Å²) < 4.78 is 0. The van der Waals surface area contributed by atoms with Gasteiger partial charge in [0.2, 0.25) is 0 Å². The molecule has 0 radical (unpaired) electrons. The maximum Gasteiger partial charge on any atom is 0.160 e. The number of hydrogen-bond acceptors (Lipinski definition) is 4. The average Bonchev–Trinajstić information content (AvgIpc) is 3.21. The van der Waals surface area contributed by atoms with E-state index < -0.39 is 0 Å². The summed E-state index contributed by atoms with van der Waals surface area (Å²) in [6.45, 7) is 2.06. The van der Waals surface area contributed by atoms with Crippen LogP contribution in [-0.2, 0) is 0 Å². The number of nitrogens with zero attached hydrogens (tertiary/aromatic N) is 4. The summed E-state index contributed by atoms with van der Waals surface area (Å²) in [4.78, 5) is 20.0. The summed E-state index contributed by atoms with van der Waals surface area (Å²) in [6.07, 6.45) is 0. The minimum atomic E-state index is 0.714. The van der Waals surface area contributed by atoms with Crippen molar-refractivity contribution in [3.63, 3.8) is 0 Å². The Kier molecular flexibility index (Phi) is 7.67. The zero-order valence-corrected chi connectivity index (χ0v) is 28.0. The largest absolute Gasteiger partial charge is 0.251 e. The van der Waals surface area contributed by atoms with Gasteiger partial charge in [-0.25, -0.2) is 15.0 Å². The maximum absolute atomic E-state index is 5.10. The van der Waals surface area contributed by atoms with Gasteiger partial charge in [-0.1, -0.05) is 158 Å². The lowest BCUT2D eigenvalue weighted by Crippen LogP contribution is -1.95. The number of rotatable bonds is 6. The number of aromatic nitrogens is 4. The molecular formula is C47H32N4. The highest BCUT2D eigenvalue weighted by Crippen LogP contribution is 2.35. The molecule has 4 heteroatoms. The Hall–Kier alpha value is -6.78. The van der Waals surface area contributed by atoms with Crippen LogP contribution >= 0.6 is 0 Å². The molecule has 240 valence electrons. The van der Waals surface area contributed by atoms with Crippen LogP contribution in [0.4, 0.5) is 0 Å². The van der Waals surface area contributed by atoms with Crippen LogP contribution in [0.3, 0.4) is 0 Å². The highest BCUT2D eigenvalue weighted by atomic mass is 14.9. The normalized spacial score (nSPS) is 11.2. The summed E-state index contributed by atoms with van der Waals surface area (Å²) in [5, 5.41) is 2.18. The molecule has 0 aliphatic heterocycles. The molecule has 51 heavy (non-hydrogen) atoms. The number of aryl methyl sites for hydroxylation is 1. The Morgan fingerprint density at radius 2 is 0.824 bits per heavy atom. The molecule has 0 atom stereocenters. The van der Waals surface area contributed by atoms with Gasteiger partial charge in [0.25, 0.3) is 0 Å². The van der Waals surface area contributed by atoms with E-state index in [1.807, 2.05) is 54.6 Å². The molecule has 0 bridgehead atoms. The van der Waals surface area contributed by atoms with E-state index in [0.717, 1.165) is 89.1 Å². The number of pyridine rings is 2. The third-order valence-electron chi connectivity index (χ3n) is 9.37. The number of hydrogen-bond donors (Lipinski definition) is 0. The van der Waals surface area contributed by atoms with Crippen molar-refractivity contribution in [3.8, 4) is 67.4 Å². The number of benzene rings is 6. The average molecular weight is 653 g/mol. The first kappa shape index (κ1) is 30.3. The second-order valence-corrected chi connectivity index (χ2v) is 12.8. The molecule has 0 fully saturated rings. The fourth-order valence-corrected chi connectivity index (χ4v) is 6.75. The molecule has 0 spiro atoms. The topological polar surface area (TPSA) is 51.6 Å². The van der Waals surface area contributed by atoms with E-state index in [9.17, 15) is 0 Å². The molecule has 9 rings (SSSR count). The highest BCUT2D eigenvalue weighted by molar-refractivity contribution is 6.08. The lowest BCUT2D eigenvalue weighted by atomic mass is 9.96. The standard InChI is InChI=1S/C47H32N4/c1-31-29-41(40-27-25-38-26-28-42(35-11-5-2-6-12-35)49-45(38)46(40)48-31)34-21-17-32(18-22-34)33-19-23-37(24-20-33)44-30-43(36-13-7-3-8-14-36)50-47(51-44)39-15-9-4-10-16-39/h2-30H,1H3. The molecule has 0 unspecified atom stereocenters. The van der Waals surface area contributed by atoms with E-state index in [2.05, 4.69) is 128 Å². The first-order valence-corrected chi connectivity index (χ1v) is 17.1. The Morgan fingerprint density at radius 1 is 0.333 bits per heavy atom. The van der Waals surface area contributed by atoms with Gasteiger partial charge in [0.15, 0.2) is 5.82 Å². The first-order valence-electron chi connectivity index (χ1n) is 17.1. The molecule has 0 N–H and O–H groups in total. The number of fused-ring (bicyclic) bond motifs is 3. The van der Waals surface area contributed by atoms with Gasteiger partial charge in [0.1, 0.15) is 0 Å². The van der Waals surface area contributed by atoms with Crippen molar-refractivity contribution in [2.24, 2.45) is 0 Å². The summed E-state index contributed by atoms with van der Waals surface area (Å²) in [5.74, 6) is 0.714. The monoisotopic (exact) mass is 652 g/mol. The van der Waals surface area contributed by atoms with Crippen molar-refractivity contribution in [2.75, 3.05) is 0 Å². The quantitative estimate of drug-likeness (QED) is 0.168. The zero-order valence-electron chi connectivity index (χ0n) is 28.0. The van der Waals surface area contributed by atoms with Crippen LogP contribution < -0.4 is 0 Å². The lowest BCUT2D eigenvalue weighted by molar-refractivity contribution is 1.18. The molecule has 0 aliphatic rings. The summed E-state index contributed by atoms with van der Waals surface area (Å²) in [7, 11) is 0. The molecule has 0 amide bonds. The summed E-state index contributed by atoms with van der Waals surface area (Å²) >= 11 is 0. The third-order valence-corrected chi connectivity index (χ3v) is 9.37. The summed E-state index contributed by atoms with van der Waals surface area (Å²) in [6, 6.07) is 61.0. The van der Waals surface area contributed by atoms with Crippen molar-refractivity contribution in [1.29, 1.82) is 0 Å². The van der Waals surface area contributed by atoms with Crippen molar-refractivity contribution < 1.29 is 0 Å². The minimum Gasteiger partial charge on any atom is -0.251 e. The van der Waals surface area contributed by atoms with E-state index in [-0.39, 0.29) is 0 Å². The van der Waals surface area contributed by atoms with Crippen LogP contribution in [0.25, 0.3) is 89.2 Å². The van der Waals surface area contributed by atoms with Crippen LogP contribution in [-0.4, -0.2) is 19.9 Å². The Morgan fingerprint density at radius 3 is 1.43 bits per heavy atom. The second kappa shape index (κ2) is 12.9.